The van der Waals surface area contributed by atoms with E-state index in [1.807, 2.05) is 35.2 Å². The fraction of sp³-hybridized carbons (Fsp3) is 0.429. The molecule has 8 heteroatoms. The molecular formula is C21H26Cl2F3N3. The molecule has 0 radical (unpaired) electrons. The second kappa shape index (κ2) is 9.56. The molecule has 3 nitrogen and oxygen atoms in total. The van der Waals surface area contributed by atoms with Gasteiger partial charge in [-0.1, -0.05) is 24.3 Å². The van der Waals surface area contributed by atoms with E-state index in [4.69, 9.17) is 0 Å². The third-order valence-corrected chi connectivity index (χ3v) is 5.51. The molecule has 3 aromatic rings. The van der Waals surface area contributed by atoms with Crippen LogP contribution >= 0.6 is 24.8 Å². The second-order valence-electron chi connectivity index (χ2n) is 7.16. The maximum atomic E-state index is 13.3. The maximum Gasteiger partial charge on any atom is 0.390 e. The molecule has 1 saturated heterocycles. The van der Waals surface area contributed by atoms with Crippen LogP contribution in [0.3, 0.4) is 0 Å². The van der Waals surface area contributed by atoms with Gasteiger partial charge >= 0.3 is 6.18 Å². The molecule has 0 spiro atoms. The number of hydrogen-bond donors (Lipinski definition) is 1. The smallest absolute Gasteiger partial charge is 0.341 e. The van der Waals surface area contributed by atoms with Crippen LogP contribution in [0.2, 0.25) is 0 Å². The molecule has 0 bridgehead atoms. The third kappa shape index (κ3) is 4.82. The predicted molar refractivity (Wildman–Crippen MR) is 117 cm³/mol. The summed E-state index contributed by atoms with van der Waals surface area (Å²) in [6, 6.07) is 13.3. The highest BCUT2D eigenvalue weighted by Gasteiger charge is 2.36. The van der Waals surface area contributed by atoms with Crippen molar-refractivity contribution in [3.63, 3.8) is 0 Å². The molecular weight excluding hydrogens is 422 g/mol. The molecule has 0 aliphatic carbocycles. The predicted octanol–water partition coefficient (Wildman–Crippen LogP) is 5.56. The summed E-state index contributed by atoms with van der Waals surface area (Å²) in [5, 5.41) is 5.36. The Bertz CT molecular complexity index is 949. The van der Waals surface area contributed by atoms with Crippen molar-refractivity contribution in [2.24, 2.45) is 0 Å². The molecule has 1 aliphatic rings. The Balaban J connectivity index is 0.00000150. The van der Waals surface area contributed by atoms with Gasteiger partial charge in [0.05, 0.1) is 6.42 Å². The van der Waals surface area contributed by atoms with E-state index < -0.39 is 18.6 Å². The van der Waals surface area contributed by atoms with E-state index >= 15 is 0 Å². The van der Waals surface area contributed by atoms with Gasteiger partial charge in [0.15, 0.2) is 0 Å². The zero-order valence-corrected chi connectivity index (χ0v) is 17.8. The van der Waals surface area contributed by atoms with E-state index in [9.17, 15) is 13.2 Å². The lowest BCUT2D eigenvalue weighted by atomic mass is 9.98. The first kappa shape index (κ1) is 23.8. The molecule has 0 saturated carbocycles. The van der Waals surface area contributed by atoms with Crippen LogP contribution in [-0.2, 0) is 6.54 Å². The van der Waals surface area contributed by atoms with Crippen molar-refractivity contribution >= 4 is 46.6 Å². The zero-order chi connectivity index (χ0) is 19.0. The van der Waals surface area contributed by atoms with E-state index in [-0.39, 0.29) is 24.8 Å². The van der Waals surface area contributed by atoms with E-state index in [1.54, 1.807) is 0 Å². The van der Waals surface area contributed by atoms with Crippen molar-refractivity contribution in [2.75, 3.05) is 26.2 Å². The van der Waals surface area contributed by atoms with Crippen LogP contribution in [0, 0.1) is 0 Å². The van der Waals surface area contributed by atoms with Crippen LogP contribution in [0.5, 0.6) is 0 Å². The molecule has 1 aliphatic heterocycles. The summed E-state index contributed by atoms with van der Waals surface area (Å²) in [7, 11) is 0. The number of rotatable bonds is 4. The molecule has 1 atom stereocenters. The van der Waals surface area contributed by atoms with Gasteiger partial charge in [0, 0.05) is 60.6 Å². The summed E-state index contributed by atoms with van der Waals surface area (Å²) in [4.78, 5) is 1.96. The Morgan fingerprint density at radius 3 is 2.28 bits per heavy atom. The first-order valence-corrected chi connectivity index (χ1v) is 9.50. The van der Waals surface area contributed by atoms with Crippen LogP contribution < -0.4 is 5.32 Å². The van der Waals surface area contributed by atoms with Gasteiger partial charge in [-0.05, 0) is 30.7 Å². The first-order chi connectivity index (χ1) is 13.0. The molecule has 0 unspecified atom stereocenters. The molecule has 1 fully saturated rings. The summed E-state index contributed by atoms with van der Waals surface area (Å²) < 4.78 is 42.2. The van der Waals surface area contributed by atoms with Gasteiger partial charge in [-0.3, -0.25) is 4.90 Å². The lowest BCUT2D eigenvalue weighted by Crippen LogP contribution is -2.46. The lowest BCUT2D eigenvalue weighted by molar-refractivity contribution is -0.148. The van der Waals surface area contributed by atoms with Crippen LogP contribution in [0.1, 0.15) is 24.9 Å². The largest absolute Gasteiger partial charge is 0.390 e. The van der Waals surface area contributed by atoms with Crippen LogP contribution in [-0.4, -0.2) is 41.8 Å². The number of piperazine rings is 1. The number of halogens is 5. The SMILES string of the molecule is CCn1c2ccccc2c2cc([C@@H](CC(F)(F)F)N3CCNCC3)ccc21.Cl.Cl. The molecule has 0 amide bonds. The van der Waals surface area contributed by atoms with Gasteiger partial charge in [-0.2, -0.15) is 13.2 Å². The Morgan fingerprint density at radius 2 is 1.62 bits per heavy atom. The Morgan fingerprint density at radius 1 is 0.966 bits per heavy atom. The number of aryl methyl sites for hydroxylation is 1. The van der Waals surface area contributed by atoms with Gasteiger partial charge in [0.2, 0.25) is 0 Å². The van der Waals surface area contributed by atoms with E-state index in [0.717, 1.165) is 47.0 Å². The molecule has 160 valence electrons. The third-order valence-electron chi connectivity index (χ3n) is 5.51. The fourth-order valence-electron chi connectivity index (χ4n) is 4.29. The topological polar surface area (TPSA) is 20.2 Å². The number of nitrogens with one attached hydrogen (secondary N) is 1. The van der Waals surface area contributed by atoms with Crippen LogP contribution in [0.15, 0.2) is 42.5 Å². The summed E-state index contributed by atoms with van der Waals surface area (Å²) in [5.74, 6) is 0. The average molecular weight is 448 g/mol. The minimum absolute atomic E-state index is 0. The Hall–Kier alpha value is -1.47. The Labute approximate surface area is 181 Å². The number of benzene rings is 2. The number of para-hydroxylation sites is 1. The van der Waals surface area contributed by atoms with Gasteiger partial charge < -0.3 is 9.88 Å². The standard InChI is InChI=1S/C21H24F3N3.2ClH/c1-2-27-18-6-4-3-5-16(18)17-13-15(7-8-19(17)27)20(14-21(22,23)24)26-11-9-25-10-12-26;;/h3-8,13,20,25H,2,9-12,14H2,1H3;2*1H/t20-;;/m1../s1. The molecule has 29 heavy (non-hydrogen) atoms. The summed E-state index contributed by atoms with van der Waals surface area (Å²) in [6.45, 7) is 5.64. The number of aromatic nitrogens is 1. The minimum atomic E-state index is -4.19. The number of nitrogens with zero attached hydrogens (tertiary/aromatic N) is 2. The highest BCUT2D eigenvalue weighted by molar-refractivity contribution is 6.08. The van der Waals surface area contributed by atoms with Gasteiger partial charge in [-0.15, -0.1) is 24.8 Å². The van der Waals surface area contributed by atoms with Crippen molar-refractivity contribution in [1.29, 1.82) is 0 Å². The quantitative estimate of drug-likeness (QED) is 0.564. The van der Waals surface area contributed by atoms with E-state index in [2.05, 4.69) is 28.9 Å². The van der Waals surface area contributed by atoms with Crippen LogP contribution in [0.25, 0.3) is 21.8 Å². The number of fused-ring (bicyclic) bond motifs is 3. The van der Waals surface area contributed by atoms with Crippen LogP contribution in [0.4, 0.5) is 13.2 Å². The second-order valence-corrected chi connectivity index (χ2v) is 7.16. The van der Waals surface area contributed by atoms with E-state index in [1.165, 1.54) is 0 Å². The van der Waals surface area contributed by atoms with Crippen molar-refractivity contribution in [2.45, 2.75) is 32.1 Å². The number of alkyl halides is 3. The summed E-state index contributed by atoms with van der Waals surface area (Å²) >= 11 is 0. The molecule has 1 N–H and O–H groups in total. The molecule has 1 aromatic heterocycles. The first-order valence-electron chi connectivity index (χ1n) is 9.50. The van der Waals surface area contributed by atoms with Crippen molar-refractivity contribution in [3.8, 4) is 0 Å². The fourth-order valence-corrected chi connectivity index (χ4v) is 4.29. The van der Waals surface area contributed by atoms with Gasteiger partial charge in [-0.25, -0.2) is 0 Å². The zero-order valence-electron chi connectivity index (χ0n) is 16.2. The van der Waals surface area contributed by atoms with Gasteiger partial charge in [0.25, 0.3) is 0 Å². The normalized spacial score (nSPS) is 16.4. The maximum absolute atomic E-state index is 13.3. The monoisotopic (exact) mass is 447 g/mol. The minimum Gasteiger partial charge on any atom is -0.341 e. The number of hydrogen-bond acceptors (Lipinski definition) is 2. The summed E-state index contributed by atoms with van der Waals surface area (Å²) in [5.41, 5.74) is 2.95. The lowest BCUT2D eigenvalue weighted by Gasteiger charge is -2.35. The van der Waals surface area contributed by atoms with Crippen molar-refractivity contribution < 1.29 is 13.2 Å². The highest BCUT2D eigenvalue weighted by atomic mass is 35.5. The average Bonchev–Trinajstić information content (AvgIpc) is 2.99. The highest BCUT2D eigenvalue weighted by Crippen LogP contribution is 2.37. The Kier molecular flexibility index (Phi) is 7.85. The van der Waals surface area contributed by atoms with Crippen molar-refractivity contribution in [1.82, 2.24) is 14.8 Å². The summed E-state index contributed by atoms with van der Waals surface area (Å²) in [6.07, 6.45) is -5.01. The molecule has 2 aromatic carbocycles. The van der Waals surface area contributed by atoms with Gasteiger partial charge in [0.1, 0.15) is 0 Å². The van der Waals surface area contributed by atoms with E-state index in [0.29, 0.717) is 13.1 Å². The molecule has 4 rings (SSSR count). The molecule has 2 heterocycles. The van der Waals surface area contributed by atoms with Crippen molar-refractivity contribution in [3.05, 3.63) is 48.0 Å².